The van der Waals surface area contributed by atoms with Gasteiger partial charge in [0.05, 0.1) is 18.8 Å². The van der Waals surface area contributed by atoms with Crippen LogP contribution in [0.4, 0.5) is 0 Å². The summed E-state index contributed by atoms with van der Waals surface area (Å²) in [6.45, 7) is 13.4. The third-order valence-electron chi connectivity index (χ3n) is 6.91. The van der Waals surface area contributed by atoms with E-state index >= 15 is 0 Å². The van der Waals surface area contributed by atoms with Gasteiger partial charge in [-0.25, -0.2) is 9.78 Å². The largest absolute Gasteiger partial charge is 0.496 e. The number of carboxylic acid groups (broad SMARTS) is 1. The molecule has 3 atom stereocenters. The number of thiazole rings is 1. The maximum absolute atomic E-state index is 14.3. The monoisotopic (exact) mass is 502 g/mol. The highest BCUT2D eigenvalue weighted by Crippen LogP contribution is 2.54. The Morgan fingerprint density at radius 3 is 2.37 bits per heavy atom. The molecule has 2 aromatic rings. The predicted molar refractivity (Wildman–Crippen MR) is 137 cm³/mol. The number of ether oxygens (including phenoxy) is 1. The van der Waals surface area contributed by atoms with Crippen LogP contribution >= 0.6 is 11.3 Å². The number of aromatic nitrogens is 1. The Bertz CT molecular complexity index is 1070. The molecular formula is C27H38N2O5S. The van der Waals surface area contributed by atoms with Crippen LogP contribution in [0.15, 0.2) is 29.8 Å². The number of aliphatic hydroxyl groups is 1. The minimum Gasteiger partial charge on any atom is -0.496 e. The molecule has 192 valence electrons. The molecule has 2 heterocycles. The van der Waals surface area contributed by atoms with Crippen LogP contribution in [0.25, 0.3) is 0 Å². The number of aliphatic carboxylic acids is 1. The zero-order valence-electron chi connectivity index (χ0n) is 22.0. The number of hydrogen-bond acceptors (Lipinski definition) is 6. The van der Waals surface area contributed by atoms with E-state index in [0.29, 0.717) is 16.3 Å². The molecule has 0 radical (unpaired) electrons. The molecule has 1 aromatic carbocycles. The number of carbonyl (C=O) groups is 2. The van der Waals surface area contributed by atoms with E-state index in [1.54, 1.807) is 39.3 Å². The van der Waals surface area contributed by atoms with Gasteiger partial charge in [0.15, 0.2) is 0 Å². The zero-order chi connectivity index (χ0) is 26.3. The molecule has 0 saturated carbocycles. The van der Waals surface area contributed by atoms with Gasteiger partial charge in [0.2, 0.25) is 0 Å². The average Bonchev–Trinajstić information content (AvgIpc) is 3.38. The van der Waals surface area contributed by atoms with Gasteiger partial charge in [0, 0.05) is 23.1 Å². The van der Waals surface area contributed by atoms with E-state index in [9.17, 15) is 19.8 Å². The van der Waals surface area contributed by atoms with Crippen molar-refractivity contribution in [1.29, 1.82) is 0 Å². The lowest BCUT2D eigenvalue weighted by atomic mass is 9.78. The summed E-state index contributed by atoms with van der Waals surface area (Å²) in [5.41, 5.74) is -1.60. The fraction of sp³-hybridized carbons (Fsp3) is 0.593. The van der Waals surface area contributed by atoms with E-state index in [4.69, 9.17) is 4.74 Å². The highest BCUT2D eigenvalue weighted by atomic mass is 32.1. The molecule has 3 rings (SSSR count). The summed E-state index contributed by atoms with van der Waals surface area (Å²) in [6, 6.07) is 4.63. The molecule has 1 saturated heterocycles. The standard InChI is InChI=1S/C27H38N2O5S/c1-16(2)14-27(24(31)32)15-19(26(6,7)33)21(22-28-11-12-35-22)29(27)23(30)17-9-10-18(25(3,4)5)20(13-17)34-8/h9-13,16,19,21,33H,14-15H2,1-8H3,(H,31,32)/t19-,21-,27+/m1/s1. The molecule has 1 fully saturated rings. The van der Waals surface area contributed by atoms with Gasteiger partial charge >= 0.3 is 5.97 Å². The quantitative estimate of drug-likeness (QED) is 0.533. The van der Waals surface area contributed by atoms with Gasteiger partial charge in [0.25, 0.3) is 5.91 Å². The lowest BCUT2D eigenvalue weighted by Crippen LogP contribution is -2.54. The van der Waals surface area contributed by atoms with Gasteiger partial charge in [-0.2, -0.15) is 0 Å². The third-order valence-corrected chi connectivity index (χ3v) is 7.76. The van der Waals surface area contributed by atoms with Gasteiger partial charge in [-0.1, -0.05) is 40.7 Å². The number of carbonyl (C=O) groups excluding carboxylic acids is 1. The zero-order valence-corrected chi connectivity index (χ0v) is 22.8. The second kappa shape index (κ2) is 9.54. The first-order valence-corrected chi connectivity index (χ1v) is 12.9. The van der Waals surface area contributed by atoms with Crippen molar-refractivity contribution >= 4 is 23.2 Å². The van der Waals surface area contributed by atoms with Gasteiger partial charge in [0.1, 0.15) is 16.3 Å². The fourth-order valence-corrected chi connectivity index (χ4v) is 6.15. The molecule has 0 unspecified atom stereocenters. The first-order chi connectivity index (χ1) is 16.1. The van der Waals surface area contributed by atoms with Crippen molar-refractivity contribution in [2.75, 3.05) is 7.11 Å². The number of benzene rings is 1. The van der Waals surface area contributed by atoms with Crippen LogP contribution in [0, 0.1) is 11.8 Å². The molecular weight excluding hydrogens is 464 g/mol. The maximum atomic E-state index is 14.3. The summed E-state index contributed by atoms with van der Waals surface area (Å²) in [5, 5.41) is 24.2. The van der Waals surface area contributed by atoms with Crippen LogP contribution < -0.4 is 4.74 Å². The van der Waals surface area contributed by atoms with Gasteiger partial charge in [-0.3, -0.25) is 4.79 Å². The van der Waals surface area contributed by atoms with E-state index in [2.05, 4.69) is 25.8 Å². The molecule has 1 aromatic heterocycles. The Kier molecular flexibility index (Phi) is 7.40. The van der Waals surface area contributed by atoms with Crippen molar-refractivity contribution in [3.8, 4) is 5.75 Å². The molecule has 0 bridgehead atoms. The summed E-state index contributed by atoms with van der Waals surface area (Å²) in [7, 11) is 1.57. The highest BCUT2D eigenvalue weighted by molar-refractivity contribution is 7.09. The van der Waals surface area contributed by atoms with E-state index in [0.717, 1.165) is 5.56 Å². The van der Waals surface area contributed by atoms with Crippen molar-refractivity contribution in [2.45, 2.75) is 83.9 Å². The summed E-state index contributed by atoms with van der Waals surface area (Å²) in [4.78, 5) is 33.2. The van der Waals surface area contributed by atoms with Crippen molar-refractivity contribution in [3.05, 3.63) is 45.9 Å². The molecule has 1 aliphatic heterocycles. The lowest BCUT2D eigenvalue weighted by molar-refractivity contribution is -0.150. The van der Waals surface area contributed by atoms with E-state index in [1.807, 2.05) is 25.3 Å². The summed E-state index contributed by atoms with van der Waals surface area (Å²) in [5.74, 6) is -1.39. The van der Waals surface area contributed by atoms with Gasteiger partial charge in [-0.05, 0) is 55.7 Å². The minimum atomic E-state index is -1.48. The van der Waals surface area contributed by atoms with Crippen LogP contribution in [0.5, 0.6) is 5.75 Å². The van der Waals surface area contributed by atoms with E-state index < -0.39 is 35.0 Å². The minimum absolute atomic E-state index is 0.0108. The predicted octanol–water partition coefficient (Wildman–Crippen LogP) is 5.29. The number of methoxy groups -OCH3 is 1. The van der Waals surface area contributed by atoms with Crippen LogP contribution in [-0.4, -0.2) is 50.2 Å². The number of rotatable bonds is 7. The van der Waals surface area contributed by atoms with Crippen LogP contribution in [0.2, 0.25) is 0 Å². The lowest BCUT2D eigenvalue weighted by Gasteiger charge is -2.39. The fourth-order valence-electron chi connectivity index (χ4n) is 5.36. The van der Waals surface area contributed by atoms with E-state index in [-0.39, 0.29) is 24.2 Å². The van der Waals surface area contributed by atoms with Gasteiger partial charge in [-0.15, -0.1) is 11.3 Å². The number of likely N-dealkylation sites (tertiary alicyclic amines) is 1. The number of nitrogens with zero attached hydrogens (tertiary/aromatic N) is 2. The molecule has 2 N–H and O–H groups in total. The normalized spacial score (nSPS) is 23.1. The molecule has 1 aliphatic rings. The number of hydrogen-bond donors (Lipinski definition) is 2. The van der Waals surface area contributed by atoms with Crippen LogP contribution in [0.1, 0.15) is 88.3 Å². The molecule has 0 aliphatic carbocycles. The molecule has 8 heteroatoms. The summed E-state index contributed by atoms with van der Waals surface area (Å²) >= 11 is 1.37. The molecule has 1 amide bonds. The average molecular weight is 503 g/mol. The van der Waals surface area contributed by atoms with E-state index in [1.165, 1.54) is 16.2 Å². The number of amides is 1. The van der Waals surface area contributed by atoms with Crippen molar-refractivity contribution in [3.63, 3.8) is 0 Å². The Balaban J connectivity index is 2.25. The SMILES string of the molecule is COc1cc(C(=O)N2[C@@H](c3nccs3)[C@H](C(C)(C)O)C[C@@]2(CC(C)C)C(=O)O)ccc1C(C)(C)C. The number of carboxylic acids is 1. The Hall–Kier alpha value is -2.45. The summed E-state index contributed by atoms with van der Waals surface area (Å²) in [6.07, 6.45) is 2.05. The van der Waals surface area contributed by atoms with Gasteiger partial charge < -0.3 is 19.8 Å². The second-order valence-electron chi connectivity index (χ2n) is 11.6. The van der Waals surface area contributed by atoms with Crippen molar-refractivity contribution < 1.29 is 24.5 Å². The van der Waals surface area contributed by atoms with Crippen LogP contribution in [0.3, 0.4) is 0 Å². The summed E-state index contributed by atoms with van der Waals surface area (Å²) < 4.78 is 5.63. The topological polar surface area (TPSA) is 100.0 Å². The first-order valence-electron chi connectivity index (χ1n) is 12.0. The van der Waals surface area contributed by atoms with Crippen molar-refractivity contribution in [2.24, 2.45) is 11.8 Å². The van der Waals surface area contributed by atoms with Crippen molar-refractivity contribution in [1.82, 2.24) is 9.88 Å². The Morgan fingerprint density at radius 2 is 1.91 bits per heavy atom. The third kappa shape index (κ3) is 5.09. The smallest absolute Gasteiger partial charge is 0.329 e. The Morgan fingerprint density at radius 1 is 1.26 bits per heavy atom. The molecule has 35 heavy (non-hydrogen) atoms. The highest BCUT2D eigenvalue weighted by Gasteiger charge is 2.62. The second-order valence-corrected chi connectivity index (χ2v) is 12.5. The Labute approximate surface area is 212 Å². The molecule has 0 spiro atoms. The first kappa shape index (κ1) is 27.1. The maximum Gasteiger partial charge on any atom is 0.329 e. The molecule has 7 nitrogen and oxygen atoms in total. The van der Waals surface area contributed by atoms with Crippen LogP contribution in [-0.2, 0) is 10.2 Å².